The van der Waals surface area contributed by atoms with Crippen molar-refractivity contribution in [3.05, 3.63) is 48.4 Å². The lowest BCUT2D eigenvalue weighted by Gasteiger charge is -2.10. The van der Waals surface area contributed by atoms with Crippen molar-refractivity contribution in [1.82, 2.24) is 9.97 Å². The number of hydrogen-bond acceptors (Lipinski definition) is 5. The van der Waals surface area contributed by atoms with E-state index in [1.165, 1.54) is 0 Å². The number of Topliss-reactive ketones (excluding diaryl/α,β-unsaturated/α-hetero) is 1. The van der Waals surface area contributed by atoms with E-state index in [1.807, 2.05) is 39.0 Å². The number of pyridine rings is 2. The molecule has 0 spiro atoms. The van der Waals surface area contributed by atoms with Crippen molar-refractivity contribution >= 4 is 11.9 Å². The summed E-state index contributed by atoms with van der Waals surface area (Å²) in [5.74, 6) is 2.12. The normalized spacial score (nSPS) is 12.4. The molecule has 2 aromatic heterocycles. The number of carbonyl (C=O) groups excluding carboxylic acids is 1. The molecule has 0 aliphatic rings. The van der Waals surface area contributed by atoms with Crippen molar-refractivity contribution in [3.8, 4) is 17.4 Å². The monoisotopic (exact) mass is 340 g/mol. The van der Waals surface area contributed by atoms with Gasteiger partial charge in [0, 0.05) is 24.8 Å². The van der Waals surface area contributed by atoms with E-state index in [-0.39, 0.29) is 17.8 Å². The topological polar surface area (TPSA) is 61.3 Å². The summed E-state index contributed by atoms with van der Waals surface area (Å²) < 4.78 is 11.3. The van der Waals surface area contributed by atoms with E-state index in [0.717, 1.165) is 5.56 Å². The minimum atomic E-state index is 0.0756. The molecule has 2 rings (SSSR count). The maximum absolute atomic E-state index is 11.1. The molecule has 0 radical (unpaired) electrons. The highest BCUT2D eigenvalue weighted by Gasteiger charge is 2.04. The minimum Gasteiger partial charge on any atom is -0.489 e. The number of rotatable bonds is 8. The smallest absolute Gasteiger partial charge is 0.219 e. The predicted octanol–water partition coefficient (Wildman–Crippen LogP) is 4.68. The van der Waals surface area contributed by atoms with Crippen molar-refractivity contribution in [3.63, 3.8) is 0 Å². The van der Waals surface area contributed by atoms with Gasteiger partial charge >= 0.3 is 0 Å². The van der Waals surface area contributed by atoms with E-state index in [0.29, 0.717) is 23.8 Å². The quantitative estimate of drug-likeness (QED) is 0.698. The lowest BCUT2D eigenvalue weighted by atomic mass is 10.0. The van der Waals surface area contributed by atoms with Crippen LogP contribution < -0.4 is 9.47 Å². The lowest BCUT2D eigenvalue weighted by Crippen LogP contribution is -2.05. The van der Waals surface area contributed by atoms with Gasteiger partial charge in [-0.05, 0) is 38.3 Å². The van der Waals surface area contributed by atoms with Crippen LogP contribution in [0.3, 0.4) is 0 Å². The van der Waals surface area contributed by atoms with Gasteiger partial charge in [-0.2, -0.15) is 0 Å². The fourth-order valence-corrected chi connectivity index (χ4v) is 2.26. The zero-order valence-electron chi connectivity index (χ0n) is 15.1. The SMILES string of the molecule is CC(=O)C[C@@H](C)/C=C/c1ccc(Oc2cncc(OC(C)C)c2)nc1. The highest BCUT2D eigenvalue weighted by atomic mass is 16.5. The summed E-state index contributed by atoms with van der Waals surface area (Å²) in [6, 6.07) is 5.50. The molecule has 2 heterocycles. The summed E-state index contributed by atoms with van der Waals surface area (Å²) in [6.45, 7) is 7.54. The van der Waals surface area contributed by atoms with Gasteiger partial charge in [-0.25, -0.2) is 4.98 Å². The number of carbonyl (C=O) groups is 1. The van der Waals surface area contributed by atoms with Crippen molar-refractivity contribution in [2.75, 3.05) is 0 Å². The third-order valence-electron chi connectivity index (χ3n) is 3.27. The molecule has 0 N–H and O–H groups in total. The first-order chi connectivity index (χ1) is 11.9. The maximum Gasteiger partial charge on any atom is 0.219 e. The van der Waals surface area contributed by atoms with Crippen LogP contribution in [0.5, 0.6) is 17.4 Å². The number of nitrogens with zero attached hydrogens (tertiary/aromatic N) is 2. The molecule has 25 heavy (non-hydrogen) atoms. The zero-order chi connectivity index (χ0) is 18.2. The molecule has 0 fully saturated rings. The standard InChI is InChI=1S/C20H24N2O3/c1-14(2)24-18-10-19(13-21-12-18)25-20-8-7-17(11-22-20)6-5-15(3)9-16(4)23/h5-8,10-15H,9H2,1-4H3/b6-5+/t15-/m0/s1. The van der Waals surface area contributed by atoms with E-state index in [4.69, 9.17) is 9.47 Å². The fourth-order valence-electron chi connectivity index (χ4n) is 2.26. The summed E-state index contributed by atoms with van der Waals surface area (Å²) in [5.41, 5.74) is 0.956. The Kier molecular flexibility index (Phi) is 6.69. The Labute approximate surface area is 148 Å². The third-order valence-corrected chi connectivity index (χ3v) is 3.27. The molecule has 5 heteroatoms. The molecule has 0 saturated carbocycles. The predicted molar refractivity (Wildman–Crippen MR) is 97.8 cm³/mol. The Morgan fingerprint density at radius 2 is 1.92 bits per heavy atom. The average molecular weight is 340 g/mol. The molecule has 0 saturated heterocycles. The molecule has 0 aliphatic carbocycles. The van der Waals surface area contributed by atoms with Gasteiger partial charge in [0.15, 0.2) is 5.75 Å². The van der Waals surface area contributed by atoms with Crippen LogP contribution in [0.2, 0.25) is 0 Å². The number of hydrogen-bond donors (Lipinski definition) is 0. The first-order valence-electron chi connectivity index (χ1n) is 8.35. The Hall–Kier alpha value is -2.69. The van der Waals surface area contributed by atoms with Crippen LogP contribution in [-0.4, -0.2) is 21.9 Å². The molecule has 132 valence electrons. The second kappa shape index (κ2) is 8.97. The molecule has 1 atom stereocenters. The van der Waals surface area contributed by atoms with Gasteiger partial charge in [-0.3, -0.25) is 4.98 Å². The van der Waals surface area contributed by atoms with Crippen LogP contribution >= 0.6 is 0 Å². The van der Waals surface area contributed by atoms with E-state index in [1.54, 1.807) is 37.6 Å². The third kappa shape index (κ3) is 6.75. The van der Waals surface area contributed by atoms with Gasteiger partial charge in [0.25, 0.3) is 0 Å². The van der Waals surface area contributed by atoms with Crippen molar-refractivity contribution in [2.45, 2.75) is 40.2 Å². The summed E-state index contributed by atoms with van der Waals surface area (Å²) in [6.07, 6.45) is 9.59. The van der Waals surface area contributed by atoms with Crippen LogP contribution in [-0.2, 0) is 4.79 Å². The van der Waals surface area contributed by atoms with Crippen LogP contribution in [0.1, 0.15) is 39.7 Å². The summed E-state index contributed by atoms with van der Waals surface area (Å²) in [5, 5.41) is 0. The molecule has 0 amide bonds. The van der Waals surface area contributed by atoms with Crippen molar-refractivity contribution < 1.29 is 14.3 Å². The van der Waals surface area contributed by atoms with E-state index in [9.17, 15) is 4.79 Å². The van der Waals surface area contributed by atoms with Gasteiger partial charge in [0.05, 0.1) is 18.5 Å². The second-order valence-corrected chi connectivity index (χ2v) is 6.30. The lowest BCUT2D eigenvalue weighted by molar-refractivity contribution is -0.117. The highest BCUT2D eigenvalue weighted by Crippen LogP contribution is 2.23. The summed E-state index contributed by atoms with van der Waals surface area (Å²) in [4.78, 5) is 19.5. The van der Waals surface area contributed by atoms with Gasteiger partial charge in [-0.15, -0.1) is 0 Å². The maximum atomic E-state index is 11.1. The van der Waals surface area contributed by atoms with Crippen molar-refractivity contribution in [2.24, 2.45) is 5.92 Å². The zero-order valence-corrected chi connectivity index (χ0v) is 15.1. The minimum absolute atomic E-state index is 0.0756. The fraction of sp³-hybridized carbons (Fsp3) is 0.350. The molecule has 0 unspecified atom stereocenters. The molecule has 0 aliphatic heterocycles. The van der Waals surface area contributed by atoms with Crippen LogP contribution in [0.25, 0.3) is 6.08 Å². The number of allylic oxidation sites excluding steroid dienone is 1. The Balaban J connectivity index is 1.98. The van der Waals surface area contributed by atoms with Crippen LogP contribution in [0, 0.1) is 5.92 Å². The molecule has 0 bridgehead atoms. The van der Waals surface area contributed by atoms with E-state index in [2.05, 4.69) is 9.97 Å². The second-order valence-electron chi connectivity index (χ2n) is 6.30. The van der Waals surface area contributed by atoms with Gasteiger partial charge < -0.3 is 14.3 Å². The first-order valence-corrected chi connectivity index (χ1v) is 8.35. The van der Waals surface area contributed by atoms with Crippen LogP contribution in [0.15, 0.2) is 42.9 Å². The van der Waals surface area contributed by atoms with Gasteiger partial charge in [-0.1, -0.05) is 19.1 Å². The summed E-state index contributed by atoms with van der Waals surface area (Å²) >= 11 is 0. The van der Waals surface area contributed by atoms with Gasteiger partial charge in [0.1, 0.15) is 11.5 Å². The van der Waals surface area contributed by atoms with Gasteiger partial charge in [0.2, 0.25) is 5.88 Å². The van der Waals surface area contributed by atoms with Crippen LogP contribution in [0.4, 0.5) is 0 Å². The molecule has 0 aromatic carbocycles. The number of ketones is 1. The molecule has 5 nitrogen and oxygen atoms in total. The Bertz CT molecular complexity index is 724. The molecular weight excluding hydrogens is 316 g/mol. The first kappa shape index (κ1) is 18.6. The van der Waals surface area contributed by atoms with E-state index < -0.39 is 0 Å². The molecular formula is C20H24N2O3. The Morgan fingerprint density at radius 1 is 1.16 bits per heavy atom. The largest absolute Gasteiger partial charge is 0.489 e. The average Bonchev–Trinajstić information content (AvgIpc) is 2.53. The Morgan fingerprint density at radius 3 is 2.56 bits per heavy atom. The van der Waals surface area contributed by atoms with Crippen molar-refractivity contribution in [1.29, 1.82) is 0 Å². The summed E-state index contributed by atoms with van der Waals surface area (Å²) in [7, 11) is 0. The number of aromatic nitrogens is 2. The molecule has 2 aromatic rings. The number of ether oxygens (including phenoxy) is 2. The highest BCUT2D eigenvalue weighted by molar-refractivity contribution is 5.76. The van der Waals surface area contributed by atoms with E-state index >= 15 is 0 Å².